The fraction of sp³-hybridized carbons (Fsp3) is 0.250. The Balaban J connectivity index is 1.39. The first kappa shape index (κ1) is 26.0. The molecule has 0 unspecified atom stereocenters. The highest BCUT2D eigenvalue weighted by Crippen LogP contribution is 2.31. The van der Waals surface area contributed by atoms with Gasteiger partial charge in [0.15, 0.2) is 0 Å². The highest BCUT2D eigenvalue weighted by molar-refractivity contribution is 6.01. The third-order valence-corrected chi connectivity index (χ3v) is 6.14. The molecule has 1 saturated heterocycles. The van der Waals surface area contributed by atoms with Crippen LogP contribution in [0.25, 0.3) is 22.2 Å². The standard InChI is InChI=1S/C28H31N9O2/c1-36(2)12-4-7-25(38)32-19-10-11-30-23(17-19)21-5-3-6-22-26(21)34-28(35-27(22)29)33-20-8-9-24(31-18-20)37-13-15-39-16-14-37/h3-11,17-18H,12-16H2,1-2H3,(H,30,32,38)(H3,29,33,34,35)/b7-4+. The number of aromatic nitrogens is 4. The van der Waals surface area contributed by atoms with E-state index in [0.717, 1.165) is 30.2 Å². The van der Waals surface area contributed by atoms with Crippen LogP contribution in [0.1, 0.15) is 0 Å². The Hall–Kier alpha value is -4.61. The van der Waals surface area contributed by atoms with Gasteiger partial charge >= 0.3 is 0 Å². The van der Waals surface area contributed by atoms with Crippen LogP contribution in [0.3, 0.4) is 0 Å². The van der Waals surface area contributed by atoms with E-state index in [2.05, 4.69) is 30.5 Å². The van der Waals surface area contributed by atoms with E-state index in [9.17, 15) is 4.79 Å². The van der Waals surface area contributed by atoms with E-state index in [4.69, 9.17) is 15.5 Å². The van der Waals surface area contributed by atoms with Crippen molar-refractivity contribution in [3.05, 3.63) is 67.0 Å². The minimum atomic E-state index is -0.210. The van der Waals surface area contributed by atoms with Crippen molar-refractivity contribution in [1.29, 1.82) is 0 Å². The normalized spacial score (nSPS) is 13.8. The van der Waals surface area contributed by atoms with Crippen molar-refractivity contribution in [3.63, 3.8) is 0 Å². The molecular weight excluding hydrogens is 494 g/mol. The van der Waals surface area contributed by atoms with Crippen molar-refractivity contribution in [2.24, 2.45) is 0 Å². The molecule has 0 aliphatic carbocycles. The maximum atomic E-state index is 12.3. The van der Waals surface area contributed by atoms with Crippen LogP contribution in [0, 0.1) is 0 Å². The average Bonchev–Trinajstić information content (AvgIpc) is 2.94. The van der Waals surface area contributed by atoms with Crippen molar-refractivity contribution in [1.82, 2.24) is 24.8 Å². The Morgan fingerprint density at radius 1 is 1.10 bits per heavy atom. The molecule has 1 amide bonds. The Kier molecular flexibility index (Phi) is 7.90. The number of morpholine rings is 1. The summed E-state index contributed by atoms with van der Waals surface area (Å²) in [7, 11) is 3.88. The lowest BCUT2D eigenvalue weighted by Gasteiger charge is -2.27. The smallest absolute Gasteiger partial charge is 0.248 e. The lowest BCUT2D eigenvalue weighted by Crippen LogP contribution is -2.36. The van der Waals surface area contributed by atoms with Crippen LogP contribution in [0.2, 0.25) is 0 Å². The fourth-order valence-corrected chi connectivity index (χ4v) is 4.22. The molecule has 4 heterocycles. The number of nitrogens with one attached hydrogen (secondary N) is 2. The SMILES string of the molecule is CN(C)C/C=C/C(=O)Nc1ccnc(-c2cccc3c(N)nc(Nc4ccc(N5CCOCC5)nc4)nc23)c1. The Bertz CT molecular complexity index is 1480. The second-order valence-corrected chi connectivity index (χ2v) is 9.35. The summed E-state index contributed by atoms with van der Waals surface area (Å²) in [6, 6.07) is 13.1. The molecule has 1 aromatic carbocycles. The average molecular weight is 526 g/mol. The Morgan fingerprint density at radius 3 is 2.72 bits per heavy atom. The predicted molar refractivity (Wildman–Crippen MR) is 154 cm³/mol. The first-order chi connectivity index (χ1) is 19.0. The van der Waals surface area contributed by atoms with Crippen LogP contribution in [0.4, 0.5) is 29.0 Å². The van der Waals surface area contributed by atoms with E-state index >= 15 is 0 Å². The second kappa shape index (κ2) is 11.8. The number of para-hydroxylation sites is 1. The number of hydrogen-bond acceptors (Lipinski definition) is 10. The van der Waals surface area contributed by atoms with Crippen molar-refractivity contribution in [2.45, 2.75) is 0 Å². The van der Waals surface area contributed by atoms with Gasteiger partial charge in [0.2, 0.25) is 11.9 Å². The van der Waals surface area contributed by atoms with E-state index in [0.29, 0.717) is 53.8 Å². The summed E-state index contributed by atoms with van der Waals surface area (Å²) in [5.74, 6) is 1.39. The highest BCUT2D eigenvalue weighted by atomic mass is 16.5. The van der Waals surface area contributed by atoms with Gasteiger partial charge in [0.25, 0.3) is 0 Å². The minimum Gasteiger partial charge on any atom is -0.383 e. The summed E-state index contributed by atoms with van der Waals surface area (Å²) in [6.45, 7) is 3.72. The molecule has 1 aliphatic rings. The van der Waals surface area contributed by atoms with Gasteiger partial charge in [0.05, 0.1) is 36.3 Å². The van der Waals surface area contributed by atoms with E-state index < -0.39 is 0 Å². The zero-order chi connectivity index (χ0) is 27.2. The molecule has 11 nitrogen and oxygen atoms in total. The summed E-state index contributed by atoms with van der Waals surface area (Å²) in [4.78, 5) is 34.8. The first-order valence-corrected chi connectivity index (χ1v) is 12.7. The van der Waals surface area contributed by atoms with Crippen LogP contribution in [0.5, 0.6) is 0 Å². The topological polar surface area (TPSA) is 134 Å². The minimum absolute atomic E-state index is 0.210. The zero-order valence-corrected chi connectivity index (χ0v) is 22.0. The number of amides is 1. The van der Waals surface area contributed by atoms with Crippen molar-refractivity contribution in [2.75, 3.05) is 68.2 Å². The molecular formula is C28H31N9O2. The summed E-state index contributed by atoms with van der Waals surface area (Å²) in [5, 5.41) is 6.81. The number of nitrogens with zero attached hydrogens (tertiary/aromatic N) is 6. The zero-order valence-electron chi connectivity index (χ0n) is 22.0. The van der Waals surface area contributed by atoms with Gasteiger partial charge in [-0.05, 0) is 44.4 Å². The largest absolute Gasteiger partial charge is 0.383 e. The van der Waals surface area contributed by atoms with Crippen molar-refractivity contribution >= 4 is 45.8 Å². The van der Waals surface area contributed by atoms with E-state index in [-0.39, 0.29) is 5.91 Å². The van der Waals surface area contributed by atoms with Crippen LogP contribution in [-0.4, -0.2) is 77.7 Å². The van der Waals surface area contributed by atoms with Gasteiger partial charge < -0.3 is 30.9 Å². The fourth-order valence-electron chi connectivity index (χ4n) is 4.22. The number of carbonyl (C=O) groups excluding carboxylic acids is 1. The van der Waals surface area contributed by atoms with Crippen LogP contribution < -0.4 is 21.3 Å². The van der Waals surface area contributed by atoms with Crippen LogP contribution in [0.15, 0.2) is 67.0 Å². The quantitative estimate of drug-likeness (QED) is 0.294. The molecule has 0 spiro atoms. The molecule has 1 aliphatic heterocycles. The number of nitrogen functional groups attached to an aromatic ring is 1. The van der Waals surface area contributed by atoms with Crippen LogP contribution >= 0.6 is 0 Å². The summed E-state index contributed by atoms with van der Waals surface area (Å²) < 4.78 is 5.42. The van der Waals surface area contributed by atoms with Gasteiger partial charge in [0, 0.05) is 48.5 Å². The van der Waals surface area contributed by atoms with Gasteiger partial charge in [0.1, 0.15) is 11.6 Å². The number of benzene rings is 1. The number of fused-ring (bicyclic) bond motifs is 1. The van der Waals surface area contributed by atoms with Crippen molar-refractivity contribution < 1.29 is 9.53 Å². The van der Waals surface area contributed by atoms with Gasteiger partial charge in [-0.1, -0.05) is 18.2 Å². The Morgan fingerprint density at radius 2 is 1.95 bits per heavy atom. The molecule has 3 aromatic heterocycles. The molecule has 200 valence electrons. The number of nitrogens with two attached hydrogens (primary N) is 1. The molecule has 39 heavy (non-hydrogen) atoms. The third kappa shape index (κ3) is 6.46. The molecule has 0 atom stereocenters. The molecule has 11 heteroatoms. The summed E-state index contributed by atoms with van der Waals surface area (Å²) in [5.41, 5.74) is 9.76. The molecule has 0 saturated carbocycles. The predicted octanol–water partition coefficient (Wildman–Crippen LogP) is 3.31. The number of likely N-dealkylation sites (N-methyl/N-ethyl adjacent to an activating group) is 1. The third-order valence-electron chi connectivity index (χ3n) is 6.14. The number of carbonyl (C=O) groups is 1. The molecule has 4 N–H and O–H groups in total. The summed E-state index contributed by atoms with van der Waals surface area (Å²) in [6.07, 6.45) is 6.73. The lowest BCUT2D eigenvalue weighted by molar-refractivity contribution is -0.111. The van der Waals surface area contributed by atoms with Crippen molar-refractivity contribution in [3.8, 4) is 11.3 Å². The molecule has 0 bridgehead atoms. The monoisotopic (exact) mass is 525 g/mol. The molecule has 1 fully saturated rings. The first-order valence-electron chi connectivity index (χ1n) is 12.7. The molecule has 5 rings (SSSR count). The maximum absolute atomic E-state index is 12.3. The number of pyridine rings is 2. The van der Waals surface area contributed by atoms with Gasteiger partial charge in [-0.15, -0.1) is 0 Å². The summed E-state index contributed by atoms with van der Waals surface area (Å²) >= 11 is 0. The number of rotatable bonds is 8. The Labute approximate surface area is 226 Å². The van der Waals surface area contributed by atoms with E-state index in [1.165, 1.54) is 6.08 Å². The molecule has 4 aromatic rings. The number of hydrogen-bond donors (Lipinski definition) is 3. The molecule has 0 radical (unpaired) electrons. The lowest BCUT2D eigenvalue weighted by atomic mass is 10.1. The van der Waals surface area contributed by atoms with Gasteiger partial charge in [-0.25, -0.2) is 9.97 Å². The second-order valence-electron chi connectivity index (χ2n) is 9.35. The number of anilines is 5. The van der Waals surface area contributed by atoms with Gasteiger partial charge in [-0.2, -0.15) is 4.98 Å². The number of ether oxygens (including phenoxy) is 1. The van der Waals surface area contributed by atoms with E-state index in [1.54, 1.807) is 18.5 Å². The highest BCUT2D eigenvalue weighted by Gasteiger charge is 2.14. The van der Waals surface area contributed by atoms with Crippen LogP contribution in [-0.2, 0) is 9.53 Å². The van der Waals surface area contributed by atoms with E-state index in [1.807, 2.05) is 61.5 Å². The maximum Gasteiger partial charge on any atom is 0.248 e. The van der Waals surface area contributed by atoms with Gasteiger partial charge in [-0.3, -0.25) is 9.78 Å².